The maximum Gasteiger partial charge on any atom is 0.138 e. The third-order valence-corrected chi connectivity index (χ3v) is 2.65. The molecule has 0 unspecified atom stereocenters. The Balaban J connectivity index is 2.69. The highest BCUT2D eigenvalue weighted by molar-refractivity contribution is 7.98. The van der Waals surface area contributed by atoms with Crippen molar-refractivity contribution in [3.05, 3.63) is 22.7 Å². The van der Waals surface area contributed by atoms with Crippen LogP contribution in [0.25, 0.3) is 0 Å². The van der Waals surface area contributed by atoms with Gasteiger partial charge in [-0.25, -0.2) is 9.97 Å². The lowest BCUT2D eigenvalue weighted by Crippen LogP contribution is -1.95. The van der Waals surface area contributed by atoms with Crippen LogP contribution in [0, 0.1) is 6.92 Å². The zero-order chi connectivity index (χ0) is 8.97. The molecule has 12 heavy (non-hydrogen) atoms. The Bertz CT molecular complexity index is 265. The normalized spacial score (nSPS) is 10.2. The molecule has 0 saturated heterocycles. The largest absolute Gasteiger partial charge is 0.239 e. The van der Waals surface area contributed by atoms with Crippen molar-refractivity contribution in [1.82, 2.24) is 9.97 Å². The molecule has 0 bridgehead atoms. The molecule has 0 amide bonds. The van der Waals surface area contributed by atoms with Crippen LogP contribution in [0.1, 0.15) is 18.4 Å². The van der Waals surface area contributed by atoms with Gasteiger partial charge < -0.3 is 0 Å². The molecular formula is C8H11ClN2S. The summed E-state index contributed by atoms with van der Waals surface area (Å²) in [6.07, 6.45) is 1.66. The minimum Gasteiger partial charge on any atom is -0.239 e. The van der Waals surface area contributed by atoms with E-state index in [0.29, 0.717) is 5.02 Å². The number of nitrogens with zero attached hydrogens (tertiary/aromatic N) is 2. The Morgan fingerprint density at radius 2 is 2.33 bits per heavy atom. The van der Waals surface area contributed by atoms with Crippen LogP contribution < -0.4 is 0 Å². The van der Waals surface area contributed by atoms with Gasteiger partial charge in [-0.15, -0.1) is 0 Å². The van der Waals surface area contributed by atoms with E-state index in [2.05, 4.69) is 16.9 Å². The van der Waals surface area contributed by atoms with Crippen molar-refractivity contribution in [3.8, 4) is 0 Å². The van der Waals surface area contributed by atoms with E-state index in [1.54, 1.807) is 6.20 Å². The number of hydrogen-bond donors (Lipinski definition) is 0. The summed E-state index contributed by atoms with van der Waals surface area (Å²) in [4.78, 5) is 8.36. The van der Waals surface area contributed by atoms with E-state index >= 15 is 0 Å². The Kier molecular flexibility index (Phi) is 3.82. The smallest absolute Gasteiger partial charge is 0.138 e. The van der Waals surface area contributed by atoms with E-state index in [9.17, 15) is 0 Å². The summed E-state index contributed by atoms with van der Waals surface area (Å²) in [7, 11) is 0. The Morgan fingerprint density at radius 1 is 1.58 bits per heavy atom. The molecule has 0 radical (unpaired) electrons. The third-order valence-electron chi connectivity index (χ3n) is 1.40. The first kappa shape index (κ1) is 9.81. The first-order valence-corrected chi connectivity index (χ1v) is 5.33. The van der Waals surface area contributed by atoms with E-state index in [4.69, 9.17) is 11.6 Å². The van der Waals surface area contributed by atoms with E-state index in [0.717, 1.165) is 23.0 Å². The van der Waals surface area contributed by atoms with E-state index in [1.807, 2.05) is 18.7 Å². The number of hydrogen-bond acceptors (Lipinski definition) is 3. The summed E-state index contributed by atoms with van der Waals surface area (Å²) >= 11 is 7.59. The minimum absolute atomic E-state index is 0.639. The second kappa shape index (κ2) is 4.67. The molecular weight excluding hydrogens is 192 g/mol. The monoisotopic (exact) mass is 202 g/mol. The molecule has 0 atom stereocenters. The standard InChI is InChI=1S/C8H11ClN2S/c1-3-12-5-8-10-4-7(9)6(2)11-8/h4H,3,5H2,1-2H3. The molecule has 0 aromatic carbocycles. The van der Waals surface area contributed by atoms with Crippen molar-refractivity contribution in [2.75, 3.05) is 5.75 Å². The minimum atomic E-state index is 0.639. The fraction of sp³-hybridized carbons (Fsp3) is 0.500. The maximum atomic E-state index is 5.78. The van der Waals surface area contributed by atoms with Crippen molar-refractivity contribution in [3.63, 3.8) is 0 Å². The summed E-state index contributed by atoms with van der Waals surface area (Å²) < 4.78 is 0. The molecule has 0 saturated carbocycles. The van der Waals surface area contributed by atoms with Crippen LogP contribution in [0.2, 0.25) is 5.02 Å². The van der Waals surface area contributed by atoms with Gasteiger partial charge in [0.2, 0.25) is 0 Å². The van der Waals surface area contributed by atoms with Gasteiger partial charge in [0.15, 0.2) is 0 Å². The molecule has 4 heteroatoms. The average molecular weight is 203 g/mol. The number of aryl methyl sites for hydroxylation is 1. The summed E-state index contributed by atoms with van der Waals surface area (Å²) in [5.41, 5.74) is 0.860. The summed E-state index contributed by atoms with van der Waals surface area (Å²) in [6, 6.07) is 0. The van der Waals surface area contributed by atoms with Gasteiger partial charge in [-0.3, -0.25) is 0 Å². The highest BCUT2D eigenvalue weighted by Crippen LogP contribution is 2.13. The molecule has 1 aromatic heterocycles. The zero-order valence-electron chi connectivity index (χ0n) is 7.17. The first-order chi connectivity index (χ1) is 5.74. The molecule has 2 nitrogen and oxygen atoms in total. The average Bonchev–Trinajstić information content (AvgIpc) is 2.07. The van der Waals surface area contributed by atoms with Gasteiger partial charge in [-0.05, 0) is 12.7 Å². The number of aromatic nitrogens is 2. The van der Waals surface area contributed by atoms with Crippen molar-refractivity contribution in [2.24, 2.45) is 0 Å². The quantitative estimate of drug-likeness (QED) is 0.754. The maximum absolute atomic E-state index is 5.78. The van der Waals surface area contributed by atoms with Gasteiger partial charge in [-0.2, -0.15) is 11.8 Å². The van der Waals surface area contributed by atoms with Crippen LogP contribution in [0.3, 0.4) is 0 Å². The highest BCUT2D eigenvalue weighted by Gasteiger charge is 1.99. The van der Waals surface area contributed by atoms with Crippen molar-refractivity contribution >= 4 is 23.4 Å². The fourth-order valence-corrected chi connectivity index (χ4v) is 1.38. The van der Waals surface area contributed by atoms with Crippen LogP contribution in [0.5, 0.6) is 0 Å². The SMILES string of the molecule is CCSCc1ncc(Cl)c(C)n1. The second-order valence-electron chi connectivity index (χ2n) is 2.36. The van der Waals surface area contributed by atoms with Crippen molar-refractivity contribution < 1.29 is 0 Å². The lowest BCUT2D eigenvalue weighted by Gasteiger charge is -2.00. The predicted octanol–water partition coefficient (Wildman–Crippen LogP) is 2.69. The molecule has 1 aromatic rings. The Hall–Kier alpha value is -0.280. The molecule has 1 rings (SSSR count). The number of rotatable bonds is 3. The molecule has 0 N–H and O–H groups in total. The Morgan fingerprint density at radius 3 is 2.92 bits per heavy atom. The van der Waals surface area contributed by atoms with Crippen molar-refractivity contribution in [2.45, 2.75) is 19.6 Å². The summed E-state index contributed by atoms with van der Waals surface area (Å²) in [5, 5.41) is 0.639. The van der Waals surface area contributed by atoms with E-state index in [1.165, 1.54) is 0 Å². The topological polar surface area (TPSA) is 25.8 Å². The first-order valence-electron chi connectivity index (χ1n) is 3.79. The molecule has 0 fully saturated rings. The van der Waals surface area contributed by atoms with Gasteiger partial charge in [-0.1, -0.05) is 18.5 Å². The summed E-state index contributed by atoms with van der Waals surface area (Å²) in [5.74, 6) is 2.82. The number of halogens is 1. The lowest BCUT2D eigenvalue weighted by atomic mass is 10.4. The lowest BCUT2D eigenvalue weighted by molar-refractivity contribution is 0.996. The van der Waals surface area contributed by atoms with Crippen LogP contribution >= 0.6 is 23.4 Å². The van der Waals surface area contributed by atoms with Crippen LogP contribution in [-0.2, 0) is 5.75 Å². The van der Waals surface area contributed by atoms with Crippen LogP contribution in [0.15, 0.2) is 6.20 Å². The van der Waals surface area contributed by atoms with Gasteiger partial charge in [0.05, 0.1) is 16.5 Å². The summed E-state index contributed by atoms with van der Waals surface area (Å²) in [6.45, 7) is 4.01. The third kappa shape index (κ3) is 2.64. The van der Waals surface area contributed by atoms with Gasteiger partial charge in [0.1, 0.15) is 5.82 Å². The molecule has 66 valence electrons. The molecule has 0 spiro atoms. The zero-order valence-corrected chi connectivity index (χ0v) is 8.74. The van der Waals surface area contributed by atoms with Crippen LogP contribution in [-0.4, -0.2) is 15.7 Å². The number of thioether (sulfide) groups is 1. The van der Waals surface area contributed by atoms with E-state index < -0.39 is 0 Å². The molecule has 1 heterocycles. The Labute approximate surface area is 81.8 Å². The predicted molar refractivity (Wildman–Crippen MR) is 53.6 cm³/mol. The molecule has 0 aliphatic heterocycles. The van der Waals surface area contributed by atoms with Gasteiger partial charge in [0.25, 0.3) is 0 Å². The van der Waals surface area contributed by atoms with Gasteiger partial charge >= 0.3 is 0 Å². The van der Waals surface area contributed by atoms with Gasteiger partial charge in [0, 0.05) is 6.20 Å². The highest BCUT2D eigenvalue weighted by atomic mass is 35.5. The second-order valence-corrected chi connectivity index (χ2v) is 4.04. The molecule has 0 aliphatic rings. The van der Waals surface area contributed by atoms with Crippen LogP contribution in [0.4, 0.5) is 0 Å². The fourth-order valence-electron chi connectivity index (χ4n) is 0.763. The van der Waals surface area contributed by atoms with Crippen molar-refractivity contribution in [1.29, 1.82) is 0 Å². The van der Waals surface area contributed by atoms with E-state index in [-0.39, 0.29) is 0 Å². The molecule has 0 aliphatic carbocycles.